The molecular formula is C26H39N3O5. The van der Waals surface area contributed by atoms with E-state index in [9.17, 15) is 19.5 Å². The van der Waals surface area contributed by atoms with Gasteiger partial charge in [-0.25, -0.2) is 4.79 Å². The summed E-state index contributed by atoms with van der Waals surface area (Å²) in [6.45, 7) is 9.28. The number of carbonyl (C=O) groups excluding carboxylic acids is 3. The number of hydrogen-bond donors (Lipinski definition) is 4. The molecule has 1 aliphatic carbocycles. The molecule has 0 aliphatic heterocycles. The van der Waals surface area contributed by atoms with Crippen molar-refractivity contribution in [1.29, 1.82) is 0 Å². The van der Waals surface area contributed by atoms with Crippen LogP contribution in [0.15, 0.2) is 43.0 Å². The summed E-state index contributed by atoms with van der Waals surface area (Å²) in [7, 11) is 0. The molecule has 0 heterocycles. The lowest BCUT2D eigenvalue weighted by Crippen LogP contribution is -2.56. The summed E-state index contributed by atoms with van der Waals surface area (Å²) in [6, 6.07) is 7.64. The molecule has 1 aromatic rings. The van der Waals surface area contributed by atoms with Crippen molar-refractivity contribution in [1.82, 2.24) is 16.0 Å². The average Bonchev–Trinajstić information content (AvgIpc) is 2.73. The zero-order chi connectivity index (χ0) is 25.1. The molecular weight excluding hydrogens is 434 g/mol. The molecule has 4 N–H and O–H groups in total. The number of ether oxygens (including phenoxy) is 1. The van der Waals surface area contributed by atoms with E-state index in [0.717, 1.165) is 24.8 Å². The van der Waals surface area contributed by atoms with Gasteiger partial charge in [0.25, 0.3) is 5.91 Å². The number of carbonyl (C=O) groups is 3. The predicted molar refractivity (Wildman–Crippen MR) is 131 cm³/mol. The molecule has 8 heteroatoms. The van der Waals surface area contributed by atoms with Gasteiger partial charge in [0, 0.05) is 13.0 Å². The highest BCUT2D eigenvalue weighted by atomic mass is 16.6. The van der Waals surface area contributed by atoms with Crippen LogP contribution in [0.3, 0.4) is 0 Å². The maximum Gasteiger partial charge on any atom is 0.407 e. The maximum absolute atomic E-state index is 13.0. The first-order valence-electron chi connectivity index (χ1n) is 12.0. The van der Waals surface area contributed by atoms with Crippen LogP contribution >= 0.6 is 0 Å². The Kier molecular flexibility index (Phi) is 10.6. The third-order valence-electron chi connectivity index (χ3n) is 5.73. The van der Waals surface area contributed by atoms with E-state index in [1.807, 2.05) is 30.3 Å². The van der Waals surface area contributed by atoms with Crippen molar-refractivity contribution in [2.45, 2.75) is 83.1 Å². The first-order valence-corrected chi connectivity index (χ1v) is 12.0. The standard InChI is InChI=1S/C26H39N3O5/c1-5-6-15-27-23(31)21(17-18-11-8-7-9-12-18)28-24(32)22(30)20(16-19-13-10-14-19)29-25(33)34-26(2,3)4/h5,7-9,11-12,19-22,30H,1,6,10,13-17H2,2-4H3,(H,27,31)(H,28,32)(H,29,33)/t20?,21-,22?/m0/s1. The first-order chi connectivity index (χ1) is 16.1. The Morgan fingerprint density at radius 1 is 1.15 bits per heavy atom. The van der Waals surface area contributed by atoms with E-state index >= 15 is 0 Å². The smallest absolute Gasteiger partial charge is 0.407 e. The second-order valence-electron chi connectivity index (χ2n) is 9.85. The number of nitrogens with one attached hydrogen (secondary N) is 3. The molecule has 2 unspecified atom stereocenters. The van der Waals surface area contributed by atoms with Gasteiger partial charge < -0.3 is 25.8 Å². The Morgan fingerprint density at radius 2 is 1.82 bits per heavy atom. The summed E-state index contributed by atoms with van der Waals surface area (Å²) in [5.41, 5.74) is 0.168. The lowest BCUT2D eigenvalue weighted by Gasteiger charge is -2.33. The minimum absolute atomic E-state index is 0.270. The molecule has 34 heavy (non-hydrogen) atoms. The van der Waals surface area contributed by atoms with Crippen LogP contribution < -0.4 is 16.0 Å². The van der Waals surface area contributed by atoms with Gasteiger partial charge in [-0.2, -0.15) is 0 Å². The molecule has 1 saturated carbocycles. The summed E-state index contributed by atoms with van der Waals surface area (Å²) >= 11 is 0. The van der Waals surface area contributed by atoms with Crippen LogP contribution in [0.5, 0.6) is 0 Å². The van der Waals surface area contributed by atoms with Gasteiger partial charge in [0.15, 0.2) is 6.10 Å². The minimum Gasteiger partial charge on any atom is -0.444 e. The van der Waals surface area contributed by atoms with E-state index in [0.29, 0.717) is 25.3 Å². The molecule has 8 nitrogen and oxygen atoms in total. The van der Waals surface area contributed by atoms with E-state index in [1.165, 1.54) is 0 Å². The second-order valence-corrected chi connectivity index (χ2v) is 9.85. The van der Waals surface area contributed by atoms with Gasteiger partial charge in [0.2, 0.25) is 5.91 Å². The normalized spacial score (nSPS) is 16.4. The van der Waals surface area contributed by atoms with Gasteiger partial charge in [0.05, 0.1) is 6.04 Å². The van der Waals surface area contributed by atoms with E-state index in [-0.39, 0.29) is 12.3 Å². The lowest BCUT2D eigenvalue weighted by molar-refractivity contribution is -0.135. The third kappa shape index (κ3) is 9.55. The summed E-state index contributed by atoms with van der Waals surface area (Å²) < 4.78 is 5.32. The van der Waals surface area contributed by atoms with Crippen molar-refractivity contribution in [2.24, 2.45) is 5.92 Å². The molecule has 0 saturated heterocycles. The Labute approximate surface area is 202 Å². The van der Waals surface area contributed by atoms with Crippen LogP contribution in [0.2, 0.25) is 0 Å². The molecule has 188 valence electrons. The highest BCUT2D eigenvalue weighted by Gasteiger charge is 2.34. The largest absolute Gasteiger partial charge is 0.444 e. The average molecular weight is 474 g/mol. The van der Waals surface area contributed by atoms with Crippen molar-refractivity contribution in [3.63, 3.8) is 0 Å². The summed E-state index contributed by atoms with van der Waals surface area (Å²) in [4.78, 5) is 38.2. The maximum atomic E-state index is 13.0. The monoisotopic (exact) mass is 473 g/mol. The van der Waals surface area contributed by atoms with Gasteiger partial charge in [-0.05, 0) is 45.1 Å². The predicted octanol–water partition coefficient (Wildman–Crippen LogP) is 2.85. The molecule has 3 amide bonds. The summed E-state index contributed by atoms with van der Waals surface area (Å²) in [5.74, 6) is -0.730. The van der Waals surface area contributed by atoms with Crippen molar-refractivity contribution in [3.8, 4) is 0 Å². The number of alkyl carbamates (subject to hydrolysis) is 1. The van der Waals surface area contributed by atoms with Crippen LogP contribution in [-0.2, 0) is 20.7 Å². The Bertz CT molecular complexity index is 817. The Hall–Kier alpha value is -2.87. The van der Waals surface area contributed by atoms with E-state index in [1.54, 1.807) is 26.8 Å². The fraction of sp³-hybridized carbons (Fsp3) is 0.577. The third-order valence-corrected chi connectivity index (χ3v) is 5.73. The summed E-state index contributed by atoms with van der Waals surface area (Å²) in [6.07, 6.45) is 3.89. The first kappa shape index (κ1) is 27.4. The SMILES string of the molecule is C=CCCNC(=O)[C@H](Cc1ccccc1)NC(=O)C(O)C(CC1CCC1)NC(=O)OC(C)(C)C. The minimum atomic E-state index is -1.52. The van der Waals surface area contributed by atoms with E-state index in [4.69, 9.17) is 4.74 Å². The fourth-order valence-electron chi connectivity index (χ4n) is 3.73. The molecule has 2 rings (SSSR count). The Balaban J connectivity index is 2.10. The quantitative estimate of drug-likeness (QED) is 0.275. The van der Waals surface area contributed by atoms with Gasteiger partial charge in [-0.15, -0.1) is 6.58 Å². The molecule has 0 spiro atoms. The highest BCUT2D eigenvalue weighted by molar-refractivity contribution is 5.90. The zero-order valence-electron chi connectivity index (χ0n) is 20.5. The molecule has 0 radical (unpaired) electrons. The lowest BCUT2D eigenvalue weighted by atomic mass is 9.80. The van der Waals surface area contributed by atoms with Gasteiger partial charge in [0.1, 0.15) is 11.6 Å². The molecule has 1 aliphatic rings. The zero-order valence-corrected chi connectivity index (χ0v) is 20.5. The number of amides is 3. The number of benzene rings is 1. The van der Waals surface area contributed by atoms with Gasteiger partial charge >= 0.3 is 6.09 Å². The number of aliphatic hydroxyl groups excluding tert-OH is 1. The Morgan fingerprint density at radius 3 is 2.38 bits per heavy atom. The fourth-order valence-corrected chi connectivity index (χ4v) is 3.73. The van der Waals surface area contributed by atoms with E-state index in [2.05, 4.69) is 22.5 Å². The highest BCUT2D eigenvalue weighted by Crippen LogP contribution is 2.31. The van der Waals surface area contributed by atoms with Gasteiger partial charge in [-0.3, -0.25) is 9.59 Å². The van der Waals surface area contributed by atoms with Crippen LogP contribution in [0.4, 0.5) is 4.79 Å². The number of hydrogen-bond acceptors (Lipinski definition) is 5. The second kappa shape index (κ2) is 13.1. The number of aliphatic hydroxyl groups is 1. The van der Waals surface area contributed by atoms with Crippen molar-refractivity contribution >= 4 is 17.9 Å². The molecule has 0 bridgehead atoms. The van der Waals surface area contributed by atoms with Gasteiger partial charge in [-0.1, -0.05) is 55.7 Å². The number of rotatable bonds is 12. The molecule has 1 aromatic carbocycles. The van der Waals surface area contributed by atoms with Crippen LogP contribution in [-0.4, -0.2) is 53.3 Å². The van der Waals surface area contributed by atoms with Crippen molar-refractivity contribution < 1.29 is 24.2 Å². The molecule has 1 fully saturated rings. The van der Waals surface area contributed by atoms with E-state index < -0.39 is 35.8 Å². The van der Waals surface area contributed by atoms with Crippen molar-refractivity contribution in [2.75, 3.05) is 6.54 Å². The summed E-state index contributed by atoms with van der Waals surface area (Å²) in [5, 5.41) is 19.0. The van der Waals surface area contributed by atoms with Crippen molar-refractivity contribution in [3.05, 3.63) is 48.6 Å². The molecule has 3 atom stereocenters. The van der Waals surface area contributed by atoms with Crippen LogP contribution in [0.25, 0.3) is 0 Å². The van der Waals surface area contributed by atoms with Crippen LogP contribution in [0, 0.1) is 5.92 Å². The topological polar surface area (TPSA) is 117 Å². The molecule has 0 aromatic heterocycles. The van der Waals surface area contributed by atoms with Crippen LogP contribution in [0.1, 0.15) is 58.4 Å².